The second-order valence-electron chi connectivity index (χ2n) is 4.96. The number of nitrogens with two attached hydrogens (primary N) is 1. The van der Waals surface area contributed by atoms with Crippen LogP contribution in [0.3, 0.4) is 0 Å². The molecule has 0 aliphatic carbocycles. The normalized spacial score (nSPS) is 17.9. The van der Waals surface area contributed by atoms with E-state index in [-0.39, 0.29) is 11.5 Å². The number of aromatic nitrogens is 2. The van der Waals surface area contributed by atoms with E-state index in [1.165, 1.54) is 0 Å². The molecule has 1 fully saturated rings. The Labute approximate surface area is 131 Å². The van der Waals surface area contributed by atoms with E-state index in [1.807, 2.05) is 24.3 Å². The highest BCUT2D eigenvalue weighted by Gasteiger charge is 2.22. The van der Waals surface area contributed by atoms with E-state index in [2.05, 4.69) is 25.9 Å². The number of anilines is 2. The van der Waals surface area contributed by atoms with Crippen molar-refractivity contribution in [3.05, 3.63) is 34.9 Å². The smallest absolute Gasteiger partial charge is 0.153 e. The SMILES string of the molecule is Nc1cc(Br)n(-c2cccc(N3CCS(=O)(=O)CC3)c2)n1. The maximum atomic E-state index is 11.5. The second-order valence-corrected chi connectivity index (χ2v) is 8.08. The molecule has 8 heteroatoms. The number of rotatable bonds is 2. The lowest BCUT2D eigenvalue weighted by atomic mass is 10.2. The minimum Gasteiger partial charge on any atom is -0.382 e. The van der Waals surface area contributed by atoms with Crippen molar-refractivity contribution in [3.63, 3.8) is 0 Å². The van der Waals surface area contributed by atoms with Gasteiger partial charge in [0.25, 0.3) is 0 Å². The van der Waals surface area contributed by atoms with E-state index in [1.54, 1.807) is 10.7 Å². The molecule has 1 saturated heterocycles. The number of sulfone groups is 1. The average molecular weight is 371 g/mol. The number of halogens is 1. The highest BCUT2D eigenvalue weighted by molar-refractivity contribution is 9.10. The van der Waals surface area contributed by atoms with E-state index in [4.69, 9.17) is 5.73 Å². The van der Waals surface area contributed by atoms with Crippen LogP contribution >= 0.6 is 15.9 Å². The Morgan fingerprint density at radius 1 is 1.14 bits per heavy atom. The lowest BCUT2D eigenvalue weighted by Crippen LogP contribution is -2.40. The summed E-state index contributed by atoms with van der Waals surface area (Å²) in [7, 11) is -2.87. The summed E-state index contributed by atoms with van der Waals surface area (Å²) in [5.41, 5.74) is 7.56. The molecular weight excluding hydrogens is 356 g/mol. The molecule has 0 unspecified atom stereocenters. The number of hydrogen-bond acceptors (Lipinski definition) is 5. The van der Waals surface area contributed by atoms with E-state index in [0.29, 0.717) is 18.9 Å². The van der Waals surface area contributed by atoms with Crippen LogP contribution in [0.2, 0.25) is 0 Å². The van der Waals surface area contributed by atoms with Crippen molar-refractivity contribution in [2.24, 2.45) is 0 Å². The van der Waals surface area contributed by atoms with Crippen molar-refractivity contribution < 1.29 is 8.42 Å². The molecule has 0 spiro atoms. The zero-order chi connectivity index (χ0) is 15.0. The first-order valence-corrected chi connectivity index (χ1v) is 9.13. The van der Waals surface area contributed by atoms with Gasteiger partial charge in [0.1, 0.15) is 10.4 Å². The van der Waals surface area contributed by atoms with Gasteiger partial charge < -0.3 is 10.6 Å². The molecule has 0 atom stereocenters. The Morgan fingerprint density at radius 2 is 1.81 bits per heavy atom. The Balaban J connectivity index is 1.89. The summed E-state index contributed by atoms with van der Waals surface area (Å²) in [6.45, 7) is 1.04. The molecule has 1 aromatic carbocycles. The summed E-state index contributed by atoms with van der Waals surface area (Å²) in [6.07, 6.45) is 0. The van der Waals surface area contributed by atoms with Gasteiger partial charge in [0.05, 0.1) is 17.2 Å². The Kier molecular flexibility index (Phi) is 3.66. The Hall–Kier alpha value is -1.54. The first-order chi connectivity index (χ1) is 9.94. The zero-order valence-electron chi connectivity index (χ0n) is 11.2. The Bertz CT molecular complexity index is 758. The fourth-order valence-electron chi connectivity index (χ4n) is 2.35. The van der Waals surface area contributed by atoms with Gasteiger partial charge in [-0.1, -0.05) is 6.07 Å². The van der Waals surface area contributed by atoms with Gasteiger partial charge in [-0.25, -0.2) is 13.1 Å². The van der Waals surface area contributed by atoms with Gasteiger partial charge in [-0.2, -0.15) is 0 Å². The molecule has 0 saturated carbocycles. The monoisotopic (exact) mass is 370 g/mol. The van der Waals surface area contributed by atoms with E-state index < -0.39 is 9.84 Å². The van der Waals surface area contributed by atoms with Gasteiger partial charge in [-0.15, -0.1) is 5.10 Å². The van der Waals surface area contributed by atoms with Crippen LogP contribution in [0.25, 0.3) is 5.69 Å². The topological polar surface area (TPSA) is 81.2 Å². The van der Waals surface area contributed by atoms with Crippen LogP contribution in [0.15, 0.2) is 34.9 Å². The van der Waals surface area contributed by atoms with Gasteiger partial charge >= 0.3 is 0 Å². The highest BCUT2D eigenvalue weighted by atomic mass is 79.9. The molecule has 2 heterocycles. The van der Waals surface area contributed by atoms with E-state index in [9.17, 15) is 8.42 Å². The van der Waals surface area contributed by atoms with Crippen LogP contribution in [0.1, 0.15) is 0 Å². The average Bonchev–Trinajstić information content (AvgIpc) is 2.78. The van der Waals surface area contributed by atoms with Crippen molar-refractivity contribution in [2.45, 2.75) is 0 Å². The predicted molar refractivity (Wildman–Crippen MR) is 86.5 cm³/mol. The second kappa shape index (κ2) is 5.34. The molecule has 0 amide bonds. The van der Waals surface area contributed by atoms with Crippen molar-refractivity contribution in [1.29, 1.82) is 0 Å². The van der Waals surface area contributed by atoms with Gasteiger partial charge in [-0.05, 0) is 34.1 Å². The Morgan fingerprint density at radius 3 is 2.43 bits per heavy atom. The summed E-state index contributed by atoms with van der Waals surface area (Å²) in [4.78, 5) is 2.07. The summed E-state index contributed by atoms with van der Waals surface area (Å²) in [5, 5.41) is 4.22. The van der Waals surface area contributed by atoms with Crippen molar-refractivity contribution in [1.82, 2.24) is 9.78 Å². The molecule has 1 aromatic heterocycles. The quantitative estimate of drug-likeness (QED) is 0.864. The number of nitrogens with zero attached hydrogens (tertiary/aromatic N) is 3. The molecule has 1 aliphatic rings. The third-order valence-electron chi connectivity index (χ3n) is 3.47. The van der Waals surface area contributed by atoms with E-state index in [0.717, 1.165) is 16.0 Å². The van der Waals surface area contributed by atoms with Crippen LogP contribution in [-0.2, 0) is 9.84 Å². The molecule has 0 radical (unpaired) electrons. The van der Waals surface area contributed by atoms with Crippen molar-refractivity contribution >= 4 is 37.3 Å². The number of hydrogen-bond donors (Lipinski definition) is 1. The largest absolute Gasteiger partial charge is 0.382 e. The molecule has 6 nitrogen and oxygen atoms in total. The first kappa shape index (κ1) is 14.4. The van der Waals surface area contributed by atoms with Gasteiger partial charge in [0.2, 0.25) is 0 Å². The predicted octanol–water partition coefficient (Wildman–Crippen LogP) is 1.45. The molecule has 0 bridgehead atoms. The van der Waals surface area contributed by atoms with Crippen molar-refractivity contribution in [2.75, 3.05) is 35.2 Å². The first-order valence-electron chi connectivity index (χ1n) is 6.51. The molecule has 2 aromatic rings. The molecule has 2 N–H and O–H groups in total. The fourth-order valence-corrected chi connectivity index (χ4v) is 4.07. The lowest BCUT2D eigenvalue weighted by molar-refractivity contribution is 0.587. The molecule has 1 aliphatic heterocycles. The maximum absolute atomic E-state index is 11.5. The maximum Gasteiger partial charge on any atom is 0.153 e. The van der Waals surface area contributed by atoms with Gasteiger partial charge in [-0.3, -0.25) is 0 Å². The highest BCUT2D eigenvalue weighted by Crippen LogP contribution is 2.24. The molecule has 112 valence electrons. The molecule has 3 rings (SSSR count). The minimum absolute atomic E-state index is 0.204. The lowest BCUT2D eigenvalue weighted by Gasteiger charge is -2.29. The van der Waals surface area contributed by atoms with Crippen LogP contribution in [0.4, 0.5) is 11.5 Å². The number of nitrogen functional groups attached to an aromatic ring is 1. The minimum atomic E-state index is -2.87. The summed E-state index contributed by atoms with van der Waals surface area (Å²) in [6, 6.07) is 9.55. The van der Waals surface area contributed by atoms with Crippen LogP contribution in [0, 0.1) is 0 Å². The third kappa shape index (κ3) is 3.06. The number of benzene rings is 1. The van der Waals surface area contributed by atoms with Gasteiger partial charge in [0, 0.05) is 24.8 Å². The van der Waals surface area contributed by atoms with E-state index >= 15 is 0 Å². The van der Waals surface area contributed by atoms with Gasteiger partial charge in [0.15, 0.2) is 9.84 Å². The van der Waals surface area contributed by atoms with Crippen LogP contribution < -0.4 is 10.6 Å². The van der Waals surface area contributed by atoms with Crippen LogP contribution in [-0.4, -0.2) is 42.8 Å². The summed E-state index contributed by atoms with van der Waals surface area (Å²) < 4.78 is 25.5. The summed E-state index contributed by atoms with van der Waals surface area (Å²) in [5.74, 6) is 0.849. The van der Waals surface area contributed by atoms with Crippen LogP contribution in [0.5, 0.6) is 0 Å². The zero-order valence-corrected chi connectivity index (χ0v) is 13.6. The summed E-state index contributed by atoms with van der Waals surface area (Å²) >= 11 is 3.42. The fraction of sp³-hybridized carbons (Fsp3) is 0.308. The van der Waals surface area contributed by atoms with Crippen molar-refractivity contribution in [3.8, 4) is 5.69 Å². The molecule has 21 heavy (non-hydrogen) atoms. The third-order valence-corrected chi connectivity index (χ3v) is 5.64. The molecular formula is C13H15BrN4O2S. The standard InChI is InChI=1S/C13H15BrN4O2S/c14-12-9-13(15)16-18(12)11-3-1-2-10(8-11)17-4-6-21(19,20)7-5-17/h1-3,8-9H,4-7H2,(H2,15,16).